The zero-order valence-electron chi connectivity index (χ0n) is 18.3. The van der Waals surface area contributed by atoms with Crippen molar-refractivity contribution in [1.29, 1.82) is 0 Å². The quantitative estimate of drug-likeness (QED) is 0.297. The number of hydrogen-bond donors (Lipinski definition) is 1. The third-order valence-corrected chi connectivity index (χ3v) is 6.84. The maximum absolute atomic E-state index is 12.5. The van der Waals surface area contributed by atoms with Crippen LogP contribution in [0, 0.1) is 0 Å². The molecule has 6 rings (SSSR count). The fourth-order valence-corrected chi connectivity index (χ4v) is 5.28. The maximum Gasteiger partial charge on any atom is 0.141 e. The van der Waals surface area contributed by atoms with Gasteiger partial charge in [0.25, 0.3) is 0 Å². The Morgan fingerprint density at radius 2 is 0.939 bits per heavy atom. The van der Waals surface area contributed by atoms with Gasteiger partial charge in [-0.05, 0) is 50.9 Å². The van der Waals surface area contributed by atoms with Gasteiger partial charge in [-0.2, -0.15) is 0 Å². The Kier molecular flexibility index (Phi) is 4.71. The molecule has 0 bridgehead atoms. The largest absolute Gasteiger partial charge is 0.376 e. The van der Waals surface area contributed by atoms with E-state index < -0.39 is 5.60 Å². The second-order valence-corrected chi connectivity index (χ2v) is 8.65. The van der Waals surface area contributed by atoms with Crippen molar-refractivity contribution in [1.82, 2.24) is 0 Å². The molecule has 1 aliphatic carbocycles. The van der Waals surface area contributed by atoms with Gasteiger partial charge in [0.2, 0.25) is 0 Å². The Morgan fingerprint density at radius 1 is 0.455 bits per heavy atom. The zero-order valence-corrected chi connectivity index (χ0v) is 18.3. The summed E-state index contributed by atoms with van der Waals surface area (Å²) in [6.45, 7) is 0. The van der Waals surface area contributed by atoms with Crippen LogP contribution in [0.15, 0.2) is 127 Å². The molecule has 1 aliphatic rings. The standard InChI is InChI=1S/C32H24O/c33-32(24-13-3-1-4-14-24,25-15-5-2-6-16-25)31-21-10-9-18-29(31)28-20-11-19-27-26-17-8-7-12-23(26)22-30(27)28/h1-21,33H,22H2. The lowest BCUT2D eigenvalue weighted by molar-refractivity contribution is 0.126. The average molecular weight is 425 g/mol. The van der Waals surface area contributed by atoms with Crippen molar-refractivity contribution in [2.24, 2.45) is 0 Å². The van der Waals surface area contributed by atoms with Gasteiger partial charge in [-0.1, -0.05) is 127 Å². The Hall–Kier alpha value is -3.94. The molecule has 1 nitrogen and oxygen atoms in total. The van der Waals surface area contributed by atoms with Crippen LogP contribution in [0.3, 0.4) is 0 Å². The van der Waals surface area contributed by atoms with Crippen molar-refractivity contribution in [3.63, 3.8) is 0 Å². The van der Waals surface area contributed by atoms with Crippen LogP contribution >= 0.6 is 0 Å². The van der Waals surface area contributed by atoms with Gasteiger partial charge >= 0.3 is 0 Å². The highest BCUT2D eigenvalue weighted by molar-refractivity contribution is 5.86. The Labute approximate surface area is 194 Å². The minimum Gasteiger partial charge on any atom is -0.376 e. The molecule has 1 heteroatoms. The number of rotatable bonds is 4. The molecule has 0 radical (unpaired) electrons. The van der Waals surface area contributed by atoms with Crippen molar-refractivity contribution < 1.29 is 5.11 Å². The van der Waals surface area contributed by atoms with E-state index in [-0.39, 0.29) is 0 Å². The average Bonchev–Trinajstić information content (AvgIpc) is 3.28. The first-order valence-electron chi connectivity index (χ1n) is 11.4. The van der Waals surface area contributed by atoms with Gasteiger partial charge < -0.3 is 5.11 Å². The molecule has 1 N–H and O–H groups in total. The van der Waals surface area contributed by atoms with Gasteiger partial charge in [-0.25, -0.2) is 0 Å². The van der Waals surface area contributed by atoms with Crippen molar-refractivity contribution in [3.8, 4) is 22.3 Å². The van der Waals surface area contributed by atoms with Crippen LogP contribution < -0.4 is 0 Å². The number of fused-ring (bicyclic) bond motifs is 3. The normalized spacial score (nSPS) is 12.3. The Bertz CT molecular complexity index is 1390. The first-order chi connectivity index (χ1) is 16.3. The smallest absolute Gasteiger partial charge is 0.141 e. The number of aliphatic hydroxyl groups is 1. The molecule has 5 aromatic rings. The van der Waals surface area contributed by atoms with Crippen LogP contribution in [0.2, 0.25) is 0 Å². The van der Waals surface area contributed by atoms with Gasteiger partial charge in [0.15, 0.2) is 0 Å². The third kappa shape index (κ3) is 3.13. The molecule has 0 saturated carbocycles. The summed E-state index contributed by atoms with van der Waals surface area (Å²) in [5.41, 5.74) is 8.89. The van der Waals surface area contributed by atoms with Gasteiger partial charge in [-0.15, -0.1) is 0 Å². The first kappa shape index (κ1) is 19.7. The molecular formula is C32H24O. The minimum absolute atomic E-state index is 0.861. The van der Waals surface area contributed by atoms with Gasteiger partial charge in [-0.3, -0.25) is 0 Å². The van der Waals surface area contributed by atoms with E-state index >= 15 is 0 Å². The van der Waals surface area contributed by atoms with Crippen LogP contribution in [-0.2, 0) is 12.0 Å². The van der Waals surface area contributed by atoms with E-state index in [1.165, 1.54) is 27.8 Å². The van der Waals surface area contributed by atoms with E-state index in [2.05, 4.69) is 60.7 Å². The van der Waals surface area contributed by atoms with E-state index in [0.717, 1.165) is 28.7 Å². The van der Waals surface area contributed by atoms with E-state index in [0.29, 0.717) is 0 Å². The summed E-state index contributed by atoms with van der Waals surface area (Å²) in [4.78, 5) is 0. The lowest BCUT2D eigenvalue weighted by atomic mass is 9.76. The Balaban J connectivity index is 1.61. The molecule has 0 amide bonds. The maximum atomic E-state index is 12.5. The number of hydrogen-bond acceptors (Lipinski definition) is 1. The van der Waals surface area contributed by atoms with Gasteiger partial charge in [0.1, 0.15) is 5.60 Å². The second kappa shape index (κ2) is 7.88. The third-order valence-electron chi connectivity index (χ3n) is 6.84. The SMILES string of the molecule is OC(c1ccccc1)(c1ccccc1)c1ccccc1-c1cccc2c1Cc1ccccc1-2. The molecule has 33 heavy (non-hydrogen) atoms. The predicted octanol–water partition coefficient (Wildman–Crippen LogP) is 7.21. The fraction of sp³-hybridized carbons (Fsp3) is 0.0625. The highest BCUT2D eigenvalue weighted by Gasteiger charge is 2.36. The molecular weight excluding hydrogens is 400 g/mol. The fourth-order valence-electron chi connectivity index (χ4n) is 5.28. The Morgan fingerprint density at radius 3 is 1.61 bits per heavy atom. The van der Waals surface area contributed by atoms with Crippen LogP contribution in [-0.4, -0.2) is 5.11 Å². The summed E-state index contributed by atoms with van der Waals surface area (Å²) in [7, 11) is 0. The molecule has 0 fully saturated rings. The highest BCUT2D eigenvalue weighted by atomic mass is 16.3. The summed E-state index contributed by atoms with van der Waals surface area (Å²) in [5, 5.41) is 12.5. The highest BCUT2D eigenvalue weighted by Crippen LogP contribution is 2.46. The van der Waals surface area contributed by atoms with Crippen LogP contribution in [0.4, 0.5) is 0 Å². The molecule has 0 heterocycles. The minimum atomic E-state index is -1.27. The molecule has 0 unspecified atom stereocenters. The predicted molar refractivity (Wildman–Crippen MR) is 135 cm³/mol. The molecule has 5 aromatic carbocycles. The molecule has 158 valence electrons. The lowest BCUT2D eigenvalue weighted by Crippen LogP contribution is -2.29. The van der Waals surface area contributed by atoms with Crippen LogP contribution in [0.25, 0.3) is 22.3 Å². The van der Waals surface area contributed by atoms with Crippen molar-refractivity contribution >= 4 is 0 Å². The summed E-state index contributed by atoms with van der Waals surface area (Å²) in [6, 6.07) is 43.5. The topological polar surface area (TPSA) is 20.2 Å². The summed E-state index contributed by atoms with van der Waals surface area (Å²) < 4.78 is 0. The van der Waals surface area contributed by atoms with Crippen LogP contribution in [0.1, 0.15) is 27.8 Å². The second-order valence-electron chi connectivity index (χ2n) is 8.65. The van der Waals surface area contributed by atoms with Crippen molar-refractivity contribution in [2.75, 3.05) is 0 Å². The summed E-state index contributed by atoms with van der Waals surface area (Å²) in [5.74, 6) is 0. The molecule has 0 atom stereocenters. The first-order valence-corrected chi connectivity index (χ1v) is 11.4. The van der Waals surface area contributed by atoms with Gasteiger partial charge in [0, 0.05) is 5.56 Å². The van der Waals surface area contributed by atoms with E-state index in [4.69, 9.17) is 0 Å². The van der Waals surface area contributed by atoms with E-state index in [1.54, 1.807) is 0 Å². The van der Waals surface area contributed by atoms with E-state index in [1.807, 2.05) is 66.7 Å². The van der Waals surface area contributed by atoms with Gasteiger partial charge in [0.05, 0.1) is 0 Å². The van der Waals surface area contributed by atoms with Crippen LogP contribution in [0.5, 0.6) is 0 Å². The van der Waals surface area contributed by atoms with Crippen molar-refractivity contribution in [2.45, 2.75) is 12.0 Å². The van der Waals surface area contributed by atoms with Crippen molar-refractivity contribution in [3.05, 3.63) is 155 Å². The summed E-state index contributed by atoms with van der Waals surface area (Å²) >= 11 is 0. The molecule has 0 saturated heterocycles. The monoisotopic (exact) mass is 424 g/mol. The number of benzene rings is 5. The van der Waals surface area contributed by atoms with E-state index in [9.17, 15) is 5.11 Å². The lowest BCUT2D eigenvalue weighted by Gasteiger charge is -2.32. The molecule has 0 aromatic heterocycles. The molecule has 0 aliphatic heterocycles. The summed E-state index contributed by atoms with van der Waals surface area (Å²) in [6.07, 6.45) is 0.908. The zero-order chi connectivity index (χ0) is 22.3. The molecule has 0 spiro atoms.